The molecule has 1 unspecified atom stereocenters. The average Bonchev–Trinajstić information content (AvgIpc) is 2.73. The minimum absolute atomic E-state index is 0.0820. The topological polar surface area (TPSA) is 48.4 Å². The Morgan fingerprint density at radius 1 is 1.04 bits per heavy atom. The normalized spacial score (nSPS) is 15.7. The highest BCUT2D eigenvalue weighted by Gasteiger charge is 2.17. The van der Waals surface area contributed by atoms with E-state index >= 15 is 0 Å². The monoisotopic (exact) mass is 365 g/mol. The molecule has 1 aliphatic heterocycles. The second-order valence-corrected chi connectivity index (χ2v) is 7.02. The molecule has 0 spiro atoms. The van der Waals surface area contributed by atoms with Crippen LogP contribution in [0, 0.1) is 5.82 Å². The lowest BCUT2D eigenvalue weighted by Crippen LogP contribution is -2.30. The number of nitrogens with one attached hydrogen (secondary N) is 1. The predicted octanol–water partition coefficient (Wildman–Crippen LogP) is 4.51. The van der Waals surface area contributed by atoms with Crippen molar-refractivity contribution in [3.05, 3.63) is 66.0 Å². The number of nitrogens with zero attached hydrogens (tertiary/aromatic N) is 2. The molecule has 4 rings (SSSR count). The van der Waals surface area contributed by atoms with Crippen LogP contribution in [0.25, 0.3) is 10.9 Å². The number of benzene rings is 2. The molecule has 140 valence electrons. The summed E-state index contributed by atoms with van der Waals surface area (Å²) in [6.07, 6.45) is 3.64. The van der Waals surface area contributed by atoms with E-state index in [2.05, 4.69) is 16.3 Å². The Labute approximate surface area is 158 Å². The first-order valence-corrected chi connectivity index (χ1v) is 9.52. The molecule has 0 bridgehead atoms. The van der Waals surface area contributed by atoms with Crippen molar-refractivity contribution in [2.45, 2.75) is 25.3 Å². The Hall–Kier alpha value is -2.66. The summed E-state index contributed by atoms with van der Waals surface area (Å²) >= 11 is 0. The number of rotatable bonds is 5. The number of piperidine rings is 1. The summed E-state index contributed by atoms with van der Waals surface area (Å²) in [4.78, 5) is 7.18. The summed E-state index contributed by atoms with van der Waals surface area (Å²) in [5, 5.41) is 14.4. The van der Waals surface area contributed by atoms with E-state index in [1.165, 1.54) is 31.4 Å². The molecule has 0 saturated carbocycles. The van der Waals surface area contributed by atoms with Crippen LogP contribution in [0.4, 0.5) is 15.9 Å². The molecule has 1 aromatic heterocycles. The van der Waals surface area contributed by atoms with Crippen molar-refractivity contribution in [1.29, 1.82) is 0 Å². The molecule has 0 amide bonds. The summed E-state index contributed by atoms with van der Waals surface area (Å²) < 4.78 is 13.3. The van der Waals surface area contributed by atoms with Gasteiger partial charge in [-0.25, -0.2) is 9.37 Å². The van der Waals surface area contributed by atoms with E-state index in [4.69, 9.17) is 4.98 Å². The maximum Gasteiger partial charge on any atom is 0.131 e. The molecule has 0 aliphatic carbocycles. The summed E-state index contributed by atoms with van der Waals surface area (Å²) in [7, 11) is 0. The van der Waals surface area contributed by atoms with Crippen LogP contribution < -0.4 is 10.2 Å². The fraction of sp³-hybridized carbons (Fsp3) is 0.318. The summed E-state index contributed by atoms with van der Waals surface area (Å²) in [6, 6.07) is 16.0. The summed E-state index contributed by atoms with van der Waals surface area (Å²) in [5.41, 5.74) is 2.71. The Morgan fingerprint density at radius 2 is 1.78 bits per heavy atom. The molecule has 0 radical (unpaired) electrons. The van der Waals surface area contributed by atoms with Crippen LogP contribution in [0.3, 0.4) is 0 Å². The van der Waals surface area contributed by atoms with Crippen molar-refractivity contribution in [3.63, 3.8) is 0 Å². The molecule has 1 aliphatic rings. The van der Waals surface area contributed by atoms with E-state index in [0.717, 1.165) is 41.1 Å². The number of hydrogen-bond donors (Lipinski definition) is 2. The molecule has 4 nitrogen and oxygen atoms in total. The van der Waals surface area contributed by atoms with Crippen LogP contribution in [0.1, 0.15) is 30.9 Å². The van der Waals surface area contributed by atoms with E-state index in [1.54, 1.807) is 12.1 Å². The Morgan fingerprint density at radius 3 is 2.52 bits per heavy atom. The molecule has 5 heteroatoms. The van der Waals surface area contributed by atoms with Gasteiger partial charge >= 0.3 is 0 Å². The van der Waals surface area contributed by atoms with E-state index < -0.39 is 0 Å². The Kier molecular flexibility index (Phi) is 5.21. The quantitative estimate of drug-likeness (QED) is 0.698. The van der Waals surface area contributed by atoms with E-state index in [1.807, 2.05) is 24.3 Å². The fourth-order valence-corrected chi connectivity index (χ4v) is 3.68. The van der Waals surface area contributed by atoms with Crippen LogP contribution in [-0.4, -0.2) is 29.8 Å². The lowest BCUT2D eigenvalue weighted by molar-refractivity contribution is 0.276. The number of aliphatic hydroxyl groups is 1. The van der Waals surface area contributed by atoms with Gasteiger partial charge in [0.2, 0.25) is 0 Å². The molecule has 1 fully saturated rings. The van der Waals surface area contributed by atoms with Gasteiger partial charge < -0.3 is 15.3 Å². The molecule has 2 heterocycles. The van der Waals surface area contributed by atoms with Gasteiger partial charge in [-0.05, 0) is 43.0 Å². The average molecular weight is 365 g/mol. The van der Waals surface area contributed by atoms with Crippen molar-refractivity contribution < 1.29 is 9.50 Å². The zero-order valence-corrected chi connectivity index (χ0v) is 15.2. The number of anilines is 2. The second-order valence-electron chi connectivity index (χ2n) is 7.02. The van der Waals surface area contributed by atoms with Crippen molar-refractivity contribution in [1.82, 2.24) is 4.98 Å². The fourth-order valence-electron chi connectivity index (χ4n) is 3.68. The summed E-state index contributed by atoms with van der Waals surface area (Å²) in [6.45, 7) is 1.96. The van der Waals surface area contributed by atoms with Crippen LogP contribution in [-0.2, 0) is 0 Å². The smallest absolute Gasteiger partial charge is 0.131 e. The second kappa shape index (κ2) is 7.92. The van der Waals surface area contributed by atoms with E-state index in [9.17, 15) is 9.50 Å². The first-order chi connectivity index (χ1) is 13.2. The number of para-hydroxylation sites is 1. The number of aromatic nitrogens is 1. The minimum Gasteiger partial charge on any atom is -0.394 e. The Bertz CT molecular complexity index is 907. The minimum atomic E-state index is -0.314. The van der Waals surface area contributed by atoms with Crippen molar-refractivity contribution >= 4 is 22.4 Å². The molecule has 3 aromatic rings. The number of aliphatic hydroxyl groups excluding tert-OH is 1. The van der Waals surface area contributed by atoms with Crippen molar-refractivity contribution in [2.75, 3.05) is 29.9 Å². The highest BCUT2D eigenvalue weighted by Crippen LogP contribution is 2.31. The van der Waals surface area contributed by atoms with Crippen LogP contribution in [0.5, 0.6) is 0 Å². The van der Waals surface area contributed by atoms with Crippen molar-refractivity contribution in [2.24, 2.45) is 0 Å². The van der Waals surface area contributed by atoms with Gasteiger partial charge in [0, 0.05) is 30.2 Å². The zero-order valence-electron chi connectivity index (χ0n) is 15.2. The zero-order chi connectivity index (χ0) is 18.6. The molecule has 2 aromatic carbocycles. The molecule has 27 heavy (non-hydrogen) atoms. The Balaban J connectivity index is 1.71. The van der Waals surface area contributed by atoms with Gasteiger partial charge in [-0.2, -0.15) is 0 Å². The highest BCUT2D eigenvalue weighted by molar-refractivity contribution is 5.93. The number of halogens is 1. The van der Waals surface area contributed by atoms with E-state index in [0.29, 0.717) is 0 Å². The molecular formula is C22H24FN3O. The third-order valence-corrected chi connectivity index (χ3v) is 5.17. The predicted molar refractivity (Wildman–Crippen MR) is 108 cm³/mol. The third kappa shape index (κ3) is 3.88. The third-order valence-electron chi connectivity index (χ3n) is 5.17. The van der Waals surface area contributed by atoms with Gasteiger partial charge in [0.1, 0.15) is 11.6 Å². The van der Waals surface area contributed by atoms with Gasteiger partial charge in [-0.1, -0.05) is 30.3 Å². The maximum atomic E-state index is 13.3. The van der Waals surface area contributed by atoms with E-state index in [-0.39, 0.29) is 18.5 Å². The molecule has 1 atom stereocenters. The maximum absolute atomic E-state index is 13.3. The SMILES string of the molecule is OCC(Nc1cc(N2CCCCC2)nc2ccccc12)c1ccc(F)cc1. The van der Waals surface area contributed by atoms with Gasteiger partial charge in [0.25, 0.3) is 0 Å². The van der Waals surface area contributed by atoms with Crippen molar-refractivity contribution in [3.8, 4) is 0 Å². The molecule has 1 saturated heterocycles. The number of pyridine rings is 1. The first kappa shape index (κ1) is 17.7. The van der Waals surface area contributed by atoms with Crippen LogP contribution in [0.15, 0.2) is 54.6 Å². The van der Waals surface area contributed by atoms with Gasteiger partial charge in [0.05, 0.1) is 18.2 Å². The standard InChI is InChI=1S/C22H24FN3O/c23-17-10-8-16(9-11-17)21(15-27)24-20-14-22(26-12-4-1-5-13-26)25-19-7-3-2-6-18(19)20/h2-3,6-11,14,21,27H,1,4-5,12-13,15H2,(H,24,25). The first-order valence-electron chi connectivity index (χ1n) is 9.52. The number of fused-ring (bicyclic) bond motifs is 1. The van der Waals surface area contributed by atoms with Crippen LogP contribution >= 0.6 is 0 Å². The van der Waals surface area contributed by atoms with Gasteiger partial charge in [0.15, 0.2) is 0 Å². The van der Waals surface area contributed by atoms with Crippen LogP contribution in [0.2, 0.25) is 0 Å². The highest BCUT2D eigenvalue weighted by atomic mass is 19.1. The van der Waals surface area contributed by atoms with Gasteiger partial charge in [-0.3, -0.25) is 0 Å². The largest absolute Gasteiger partial charge is 0.394 e. The number of hydrogen-bond acceptors (Lipinski definition) is 4. The lowest BCUT2D eigenvalue weighted by Gasteiger charge is -2.29. The lowest BCUT2D eigenvalue weighted by atomic mass is 10.1. The van der Waals surface area contributed by atoms with Gasteiger partial charge in [-0.15, -0.1) is 0 Å². The molecule has 2 N–H and O–H groups in total. The summed E-state index contributed by atoms with van der Waals surface area (Å²) in [5.74, 6) is 0.684. The molecular weight excluding hydrogens is 341 g/mol.